The van der Waals surface area contributed by atoms with Gasteiger partial charge < -0.3 is 10.1 Å². The molecule has 0 aliphatic rings. The number of nitrogens with zero attached hydrogens (tertiary/aromatic N) is 2. The number of ether oxygens (including phenoxy) is 1. The SMILES string of the molecule is CCCCCNC(=O)c1cn(Cc2ccccc2)nc1-c1cccc(OC)c1. The van der Waals surface area contributed by atoms with E-state index in [4.69, 9.17) is 9.84 Å². The van der Waals surface area contributed by atoms with E-state index in [1.54, 1.807) is 7.11 Å². The Labute approximate surface area is 166 Å². The van der Waals surface area contributed by atoms with Gasteiger partial charge in [0.05, 0.1) is 19.2 Å². The van der Waals surface area contributed by atoms with Gasteiger partial charge in [0.1, 0.15) is 11.4 Å². The molecular weight excluding hydrogens is 350 g/mol. The second-order valence-corrected chi connectivity index (χ2v) is 6.77. The molecule has 0 aliphatic heterocycles. The summed E-state index contributed by atoms with van der Waals surface area (Å²) < 4.78 is 7.16. The van der Waals surface area contributed by atoms with E-state index in [-0.39, 0.29) is 5.91 Å². The Bertz CT molecular complexity index is 903. The summed E-state index contributed by atoms with van der Waals surface area (Å²) in [6.45, 7) is 3.44. The molecule has 1 amide bonds. The first kappa shape index (κ1) is 19.7. The average molecular weight is 377 g/mol. The van der Waals surface area contributed by atoms with Crippen LogP contribution < -0.4 is 10.1 Å². The summed E-state index contributed by atoms with van der Waals surface area (Å²) in [7, 11) is 1.63. The number of carbonyl (C=O) groups excluding carboxylic acids is 1. The standard InChI is InChI=1S/C23H27N3O2/c1-3-4-8-14-24-23(27)21-17-26(16-18-10-6-5-7-11-18)25-22(21)19-12-9-13-20(15-19)28-2/h5-7,9-13,15,17H,3-4,8,14,16H2,1-2H3,(H,24,27). The highest BCUT2D eigenvalue weighted by Gasteiger charge is 2.18. The van der Waals surface area contributed by atoms with Crippen LogP contribution in [0.3, 0.4) is 0 Å². The normalized spacial score (nSPS) is 10.6. The number of amides is 1. The molecule has 146 valence electrons. The van der Waals surface area contributed by atoms with Gasteiger partial charge in [-0.25, -0.2) is 0 Å². The van der Waals surface area contributed by atoms with Gasteiger partial charge in [0.15, 0.2) is 0 Å². The van der Waals surface area contributed by atoms with Gasteiger partial charge in [0.25, 0.3) is 5.91 Å². The van der Waals surface area contributed by atoms with Crippen molar-refractivity contribution in [2.75, 3.05) is 13.7 Å². The molecule has 0 atom stereocenters. The number of unbranched alkanes of at least 4 members (excludes halogenated alkanes) is 2. The molecule has 0 saturated heterocycles. The van der Waals surface area contributed by atoms with E-state index >= 15 is 0 Å². The molecule has 28 heavy (non-hydrogen) atoms. The molecule has 0 bridgehead atoms. The third-order valence-corrected chi connectivity index (χ3v) is 4.60. The molecule has 0 radical (unpaired) electrons. The molecule has 3 rings (SSSR count). The molecule has 3 aromatic rings. The number of aromatic nitrogens is 2. The minimum Gasteiger partial charge on any atom is -0.497 e. The highest BCUT2D eigenvalue weighted by Crippen LogP contribution is 2.26. The molecule has 1 heterocycles. The summed E-state index contributed by atoms with van der Waals surface area (Å²) >= 11 is 0. The van der Waals surface area contributed by atoms with Crippen molar-refractivity contribution in [2.24, 2.45) is 0 Å². The van der Waals surface area contributed by atoms with Crippen LogP contribution >= 0.6 is 0 Å². The highest BCUT2D eigenvalue weighted by molar-refractivity contribution is 5.99. The second kappa shape index (κ2) is 9.74. The summed E-state index contributed by atoms with van der Waals surface area (Å²) in [4.78, 5) is 12.8. The first-order valence-electron chi connectivity index (χ1n) is 9.75. The van der Waals surface area contributed by atoms with E-state index in [0.29, 0.717) is 24.3 Å². The highest BCUT2D eigenvalue weighted by atomic mass is 16.5. The summed E-state index contributed by atoms with van der Waals surface area (Å²) in [6.07, 6.45) is 5.04. The minimum atomic E-state index is -0.0896. The van der Waals surface area contributed by atoms with Gasteiger partial charge in [-0.15, -0.1) is 0 Å². The second-order valence-electron chi connectivity index (χ2n) is 6.77. The molecule has 2 aromatic carbocycles. The van der Waals surface area contributed by atoms with Gasteiger partial charge in [0.2, 0.25) is 0 Å². The van der Waals surface area contributed by atoms with Crippen LogP contribution in [0, 0.1) is 0 Å². The van der Waals surface area contributed by atoms with Gasteiger partial charge in [-0.2, -0.15) is 5.10 Å². The van der Waals surface area contributed by atoms with Gasteiger partial charge in [0, 0.05) is 18.3 Å². The fraction of sp³-hybridized carbons (Fsp3) is 0.304. The lowest BCUT2D eigenvalue weighted by atomic mass is 10.1. The molecule has 1 N–H and O–H groups in total. The fourth-order valence-electron chi connectivity index (χ4n) is 3.09. The van der Waals surface area contributed by atoms with Crippen LogP contribution in [0.25, 0.3) is 11.3 Å². The van der Waals surface area contributed by atoms with Crippen molar-refractivity contribution in [3.8, 4) is 17.0 Å². The van der Waals surface area contributed by atoms with Crippen molar-refractivity contribution in [3.63, 3.8) is 0 Å². The molecule has 0 saturated carbocycles. The Kier molecular flexibility index (Phi) is 6.84. The van der Waals surface area contributed by atoms with E-state index in [1.807, 2.05) is 53.3 Å². The average Bonchev–Trinajstić information content (AvgIpc) is 3.16. The van der Waals surface area contributed by atoms with Crippen molar-refractivity contribution in [1.82, 2.24) is 15.1 Å². The number of hydrogen-bond acceptors (Lipinski definition) is 3. The topological polar surface area (TPSA) is 56.2 Å². The summed E-state index contributed by atoms with van der Waals surface area (Å²) in [5, 5.41) is 7.74. The summed E-state index contributed by atoms with van der Waals surface area (Å²) in [6, 6.07) is 17.8. The van der Waals surface area contributed by atoms with E-state index in [1.165, 1.54) is 0 Å². The van der Waals surface area contributed by atoms with Crippen molar-refractivity contribution in [2.45, 2.75) is 32.7 Å². The summed E-state index contributed by atoms with van der Waals surface area (Å²) in [5.41, 5.74) is 3.26. The Hall–Kier alpha value is -3.08. The molecule has 0 unspecified atom stereocenters. The van der Waals surface area contributed by atoms with E-state index in [0.717, 1.165) is 36.1 Å². The van der Waals surface area contributed by atoms with Crippen LogP contribution in [-0.2, 0) is 6.54 Å². The molecule has 5 heteroatoms. The first-order valence-corrected chi connectivity index (χ1v) is 9.75. The maximum atomic E-state index is 12.8. The van der Waals surface area contributed by atoms with Crippen LogP contribution in [0.2, 0.25) is 0 Å². The van der Waals surface area contributed by atoms with Crippen LogP contribution in [0.1, 0.15) is 42.1 Å². The quantitative estimate of drug-likeness (QED) is 0.558. The Morgan fingerprint density at radius 2 is 1.93 bits per heavy atom. The zero-order valence-corrected chi connectivity index (χ0v) is 16.5. The number of benzene rings is 2. The molecular formula is C23H27N3O2. The Morgan fingerprint density at radius 1 is 1.11 bits per heavy atom. The van der Waals surface area contributed by atoms with Crippen LogP contribution in [0.4, 0.5) is 0 Å². The van der Waals surface area contributed by atoms with Crippen LogP contribution in [0.15, 0.2) is 60.8 Å². The third-order valence-electron chi connectivity index (χ3n) is 4.60. The smallest absolute Gasteiger partial charge is 0.255 e. The fourth-order valence-corrected chi connectivity index (χ4v) is 3.09. The van der Waals surface area contributed by atoms with E-state index in [9.17, 15) is 4.79 Å². The predicted octanol–water partition coefficient (Wildman–Crippen LogP) is 4.53. The van der Waals surface area contributed by atoms with Crippen molar-refractivity contribution in [3.05, 3.63) is 71.9 Å². The van der Waals surface area contributed by atoms with E-state index < -0.39 is 0 Å². The van der Waals surface area contributed by atoms with Gasteiger partial charge in [-0.05, 0) is 24.1 Å². The lowest BCUT2D eigenvalue weighted by Crippen LogP contribution is -2.24. The van der Waals surface area contributed by atoms with Crippen molar-refractivity contribution < 1.29 is 9.53 Å². The number of carbonyl (C=O) groups is 1. The number of nitrogens with one attached hydrogen (secondary N) is 1. The number of hydrogen-bond donors (Lipinski definition) is 1. The zero-order chi connectivity index (χ0) is 19.8. The Balaban J connectivity index is 1.89. The molecule has 0 fully saturated rings. The molecule has 0 spiro atoms. The Morgan fingerprint density at radius 3 is 2.68 bits per heavy atom. The number of rotatable bonds is 9. The third kappa shape index (κ3) is 5.00. The van der Waals surface area contributed by atoms with Crippen LogP contribution in [0.5, 0.6) is 5.75 Å². The number of methoxy groups -OCH3 is 1. The minimum absolute atomic E-state index is 0.0896. The monoisotopic (exact) mass is 377 g/mol. The van der Waals surface area contributed by atoms with E-state index in [2.05, 4.69) is 24.4 Å². The zero-order valence-electron chi connectivity index (χ0n) is 16.5. The van der Waals surface area contributed by atoms with Gasteiger partial charge in [-0.1, -0.05) is 62.2 Å². The molecule has 1 aromatic heterocycles. The van der Waals surface area contributed by atoms with Crippen molar-refractivity contribution in [1.29, 1.82) is 0 Å². The van der Waals surface area contributed by atoms with Crippen LogP contribution in [-0.4, -0.2) is 29.3 Å². The van der Waals surface area contributed by atoms with Crippen molar-refractivity contribution >= 4 is 5.91 Å². The largest absolute Gasteiger partial charge is 0.497 e. The summed E-state index contributed by atoms with van der Waals surface area (Å²) in [5.74, 6) is 0.651. The van der Waals surface area contributed by atoms with Gasteiger partial charge >= 0.3 is 0 Å². The lowest BCUT2D eigenvalue weighted by Gasteiger charge is -2.06. The lowest BCUT2D eigenvalue weighted by molar-refractivity contribution is 0.0953. The molecule has 0 aliphatic carbocycles. The van der Waals surface area contributed by atoms with Gasteiger partial charge in [-0.3, -0.25) is 9.48 Å². The predicted molar refractivity (Wildman–Crippen MR) is 112 cm³/mol. The maximum absolute atomic E-state index is 12.8. The first-order chi connectivity index (χ1) is 13.7. The maximum Gasteiger partial charge on any atom is 0.255 e. The molecule has 5 nitrogen and oxygen atoms in total.